The van der Waals surface area contributed by atoms with E-state index in [9.17, 15) is 0 Å². The second-order valence-electron chi connectivity index (χ2n) is 12.3. The Bertz CT molecular complexity index is 2630. The number of aromatic nitrogens is 2. The molecule has 9 aromatic rings. The first-order valence-electron chi connectivity index (χ1n) is 16.6. The molecule has 5 heteroatoms. The summed E-state index contributed by atoms with van der Waals surface area (Å²) in [7, 11) is 0. The summed E-state index contributed by atoms with van der Waals surface area (Å²) in [6, 6.07) is 61.3. The number of nitrogens with zero attached hydrogens (tertiary/aromatic N) is 3. The van der Waals surface area contributed by atoms with Crippen molar-refractivity contribution in [2.24, 2.45) is 10.7 Å². The summed E-state index contributed by atoms with van der Waals surface area (Å²) in [6.07, 6.45) is -0.549. The maximum Gasteiger partial charge on any atom is 0.149 e. The molecule has 49 heavy (non-hydrogen) atoms. The van der Waals surface area contributed by atoms with Crippen molar-refractivity contribution in [3.8, 4) is 16.8 Å². The van der Waals surface area contributed by atoms with E-state index in [4.69, 9.17) is 10.7 Å². The summed E-state index contributed by atoms with van der Waals surface area (Å²) in [5.41, 5.74) is 20.3. The number of amidine groups is 1. The number of hydrogen-bond donors (Lipinski definition) is 2. The number of benzene rings is 7. The predicted molar refractivity (Wildman–Crippen MR) is 205 cm³/mol. The van der Waals surface area contributed by atoms with E-state index in [1.165, 1.54) is 21.8 Å². The van der Waals surface area contributed by atoms with Crippen LogP contribution in [0.5, 0.6) is 0 Å². The summed E-state index contributed by atoms with van der Waals surface area (Å²) < 4.78 is 4.59. The molecule has 234 valence electrons. The van der Waals surface area contributed by atoms with E-state index in [2.05, 4.69) is 142 Å². The van der Waals surface area contributed by atoms with Crippen LogP contribution < -0.4 is 11.2 Å². The molecule has 0 aliphatic carbocycles. The monoisotopic (exact) mass is 631 g/mol. The van der Waals surface area contributed by atoms with E-state index in [-0.39, 0.29) is 0 Å². The Kier molecular flexibility index (Phi) is 7.03. The van der Waals surface area contributed by atoms with Gasteiger partial charge < -0.3 is 10.3 Å². The number of nitrogens with two attached hydrogens (primary N) is 1. The lowest BCUT2D eigenvalue weighted by atomic mass is 9.99. The van der Waals surface area contributed by atoms with Crippen LogP contribution in [0.2, 0.25) is 0 Å². The minimum absolute atomic E-state index is 0.549. The molecule has 0 amide bonds. The van der Waals surface area contributed by atoms with Gasteiger partial charge in [-0.15, -0.1) is 0 Å². The maximum atomic E-state index is 6.74. The van der Waals surface area contributed by atoms with Gasteiger partial charge >= 0.3 is 0 Å². The number of rotatable bonds is 6. The molecule has 0 saturated carbocycles. The van der Waals surface area contributed by atoms with Crippen molar-refractivity contribution in [1.29, 1.82) is 0 Å². The lowest BCUT2D eigenvalue weighted by molar-refractivity contribution is 0.773. The van der Waals surface area contributed by atoms with E-state index in [0.29, 0.717) is 5.84 Å². The molecule has 0 aliphatic rings. The first-order chi connectivity index (χ1) is 24.3. The van der Waals surface area contributed by atoms with Crippen LogP contribution in [0.3, 0.4) is 0 Å². The topological polar surface area (TPSA) is 60.3 Å². The Balaban J connectivity index is 1.33. The van der Waals surface area contributed by atoms with Crippen molar-refractivity contribution in [2.75, 3.05) is 5.43 Å². The summed E-state index contributed by atoms with van der Waals surface area (Å²) in [5.74, 6) is 0.686. The highest BCUT2D eigenvalue weighted by atomic mass is 15.4. The van der Waals surface area contributed by atoms with E-state index < -0.39 is 6.17 Å². The van der Waals surface area contributed by atoms with Gasteiger partial charge in [0.25, 0.3) is 0 Å². The lowest BCUT2D eigenvalue weighted by Crippen LogP contribution is -2.26. The molecule has 9 rings (SSSR count). The molecule has 0 radical (unpaired) electrons. The Labute approximate surface area is 284 Å². The minimum Gasteiger partial charge on any atom is -0.309 e. The fourth-order valence-corrected chi connectivity index (χ4v) is 7.17. The molecule has 0 bridgehead atoms. The van der Waals surface area contributed by atoms with Crippen LogP contribution in [0, 0.1) is 0 Å². The van der Waals surface area contributed by atoms with Crippen LogP contribution >= 0.6 is 0 Å². The Morgan fingerprint density at radius 2 is 1.00 bits per heavy atom. The third-order valence-corrected chi connectivity index (χ3v) is 9.37. The molecule has 7 aromatic carbocycles. The predicted octanol–water partition coefficient (Wildman–Crippen LogP) is 10.2. The van der Waals surface area contributed by atoms with Gasteiger partial charge in [0, 0.05) is 43.9 Å². The van der Waals surface area contributed by atoms with Gasteiger partial charge in [0.2, 0.25) is 0 Å². The second-order valence-corrected chi connectivity index (χ2v) is 12.3. The number of para-hydroxylation sites is 5. The Morgan fingerprint density at radius 3 is 1.69 bits per heavy atom. The van der Waals surface area contributed by atoms with Crippen molar-refractivity contribution in [3.63, 3.8) is 0 Å². The van der Waals surface area contributed by atoms with Gasteiger partial charge in [0.05, 0.1) is 22.1 Å². The molecular weight excluding hydrogens is 599 g/mol. The second kappa shape index (κ2) is 12.0. The molecule has 5 nitrogen and oxygen atoms in total. The molecule has 1 atom stereocenters. The van der Waals surface area contributed by atoms with Gasteiger partial charge in [-0.25, -0.2) is 4.99 Å². The molecule has 2 aromatic heterocycles. The normalized spacial score (nSPS) is 12.6. The molecule has 1 unspecified atom stereocenters. The van der Waals surface area contributed by atoms with Gasteiger partial charge in [0.15, 0.2) is 0 Å². The standard InChI is InChI=1S/C44H33N5/c45-43(30-16-4-1-5-17-30)46-44(31-18-6-2-7-19-31)47-49-40-29-13-11-23-34(40)36-25-15-27-38(42(36)49)37-26-14-24-35-33-22-10-12-28-39(33)48(41(35)37)32-20-8-3-9-21-32/h1-29,43H,45H2,(H,46,47). The highest BCUT2D eigenvalue weighted by molar-refractivity contribution is 6.19. The van der Waals surface area contributed by atoms with Gasteiger partial charge in [0.1, 0.15) is 12.0 Å². The zero-order valence-corrected chi connectivity index (χ0v) is 26.7. The first kappa shape index (κ1) is 28.8. The third-order valence-electron chi connectivity index (χ3n) is 9.37. The molecule has 2 heterocycles. The first-order valence-corrected chi connectivity index (χ1v) is 16.6. The molecular formula is C44H33N5. The largest absolute Gasteiger partial charge is 0.309 e. The van der Waals surface area contributed by atoms with E-state index in [1.54, 1.807) is 0 Å². The van der Waals surface area contributed by atoms with E-state index in [1.807, 2.05) is 48.5 Å². The highest BCUT2D eigenvalue weighted by Crippen LogP contribution is 2.42. The van der Waals surface area contributed by atoms with Gasteiger partial charge in [-0.2, -0.15) is 0 Å². The fraction of sp³-hybridized carbons (Fsp3) is 0.0227. The van der Waals surface area contributed by atoms with Crippen LogP contribution in [0.1, 0.15) is 17.3 Å². The number of hydrogen-bond acceptors (Lipinski definition) is 2. The van der Waals surface area contributed by atoms with Gasteiger partial charge in [-0.05, 0) is 29.8 Å². The van der Waals surface area contributed by atoms with E-state index in [0.717, 1.165) is 49.7 Å². The van der Waals surface area contributed by atoms with Crippen molar-refractivity contribution in [1.82, 2.24) is 9.24 Å². The average molecular weight is 632 g/mol. The molecule has 0 spiro atoms. The van der Waals surface area contributed by atoms with Crippen molar-refractivity contribution in [2.45, 2.75) is 6.17 Å². The zero-order valence-electron chi connectivity index (χ0n) is 26.7. The van der Waals surface area contributed by atoms with Crippen LogP contribution in [-0.4, -0.2) is 15.1 Å². The van der Waals surface area contributed by atoms with Gasteiger partial charge in [-0.3, -0.25) is 10.1 Å². The Morgan fingerprint density at radius 1 is 0.490 bits per heavy atom. The van der Waals surface area contributed by atoms with E-state index >= 15 is 0 Å². The molecule has 3 N–H and O–H groups in total. The highest BCUT2D eigenvalue weighted by Gasteiger charge is 2.21. The minimum atomic E-state index is -0.549. The summed E-state index contributed by atoms with van der Waals surface area (Å²) in [4.78, 5) is 5.10. The summed E-state index contributed by atoms with van der Waals surface area (Å²) in [5, 5.41) is 4.74. The average Bonchev–Trinajstić information content (AvgIpc) is 3.68. The summed E-state index contributed by atoms with van der Waals surface area (Å²) in [6.45, 7) is 0. The van der Waals surface area contributed by atoms with Crippen molar-refractivity contribution < 1.29 is 0 Å². The van der Waals surface area contributed by atoms with Crippen molar-refractivity contribution in [3.05, 3.63) is 187 Å². The quantitative estimate of drug-likeness (QED) is 0.142. The van der Waals surface area contributed by atoms with Crippen LogP contribution in [0.25, 0.3) is 60.4 Å². The lowest BCUT2D eigenvalue weighted by Gasteiger charge is -2.18. The fourth-order valence-electron chi connectivity index (χ4n) is 7.17. The van der Waals surface area contributed by atoms with Crippen molar-refractivity contribution >= 4 is 49.4 Å². The van der Waals surface area contributed by atoms with Crippen LogP contribution in [0.15, 0.2) is 181 Å². The zero-order chi connectivity index (χ0) is 32.7. The number of aliphatic imine (C=N–C) groups is 1. The smallest absolute Gasteiger partial charge is 0.149 e. The number of fused-ring (bicyclic) bond motifs is 6. The molecule has 0 fully saturated rings. The Hall–Kier alpha value is -6.43. The van der Waals surface area contributed by atoms with Crippen LogP contribution in [0.4, 0.5) is 0 Å². The van der Waals surface area contributed by atoms with Crippen LogP contribution in [-0.2, 0) is 0 Å². The molecule has 0 saturated heterocycles. The number of nitrogens with one attached hydrogen (secondary N) is 1. The van der Waals surface area contributed by atoms with Gasteiger partial charge in [-0.1, -0.05) is 152 Å². The SMILES string of the molecule is NC(/N=C(\Nn1c2ccccc2c2cccc(-c3cccc4c5ccccc5n(-c5ccccc5)c34)c21)c1ccccc1)c1ccccc1. The third kappa shape index (κ3) is 4.87. The summed E-state index contributed by atoms with van der Waals surface area (Å²) >= 11 is 0. The molecule has 0 aliphatic heterocycles. The maximum absolute atomic E-state index is 6.74.